The van der Waals surface area contributed by atoms with Gasteiger partial charge in [0, 0.05) is 12.1 Å². The highest BCUT2D eigenvalue weighted by atomic mass is 32.2. The van der Waals surface area contributed by atoms with Crippen molar-refractivity contribution in [3.05, 3.63) is 23.8 Å². The van der Waals surface area contributed by atoms with Crippen LogP contribution in [-0.2, 0) is 10.0 Å². The molecule has 0 amide bonds. The first-order valence-corrected chi connectivity index (χ1v) is 9.98. The first kappa shape index (κ1) is 18.7. The maximum Gasteiger partial charge on any atom is 0.335 e. The summed E-state index contributed by atoms with van der Waals surface area (Å²) in [5.41, 5.74) is 0.441. The molecule has 2 rings (SSSR count). The number of carboxylic acid groups (broad SMARTS) is 1. The summed E-state index contributed by atoms with van der Waals surface area (Å²) < 4.78 is 28.0. The summed E-state index contributed by atoms with van der Waals surface area (Å²) in [5.74, 6) is -1.14. The summed E-state index contributed by atoms with van der Waals surface area (Å²) in [5, 5.41) is 12.5. The summed E-state index contributed by atoms with van der Waals surface area (Å²) in [6.07, 6.45) is 6.11. The number of carboxylic acids is 1. The predicted molar refractivity (Wildman–Crippen MR) is 94.0 cm³/mol. The van der Waals surface area contributed by atoms with Gasteiger partial charge in [-0.2, -0.15) is 0 Å². The van der Waals surface area contributed by atoms with E-state index in [2.05, 4.69) is 10.0 Å². The van der Waals surface area contributed by atoms with Crippen molar-refractivity contribution in [3.63, 3.8) is 0 Å². The molecular weight excluding hydrogens is 328 g/mol. The first-order valence-electron chi connectivity index (χ1n) is 8.49. The molecule has 0 aliphatic heterocycles. The number of rotatable bonds is 7. The molecule has 1 aromatic carbocycles. The minimum Gasteiger partial charge on any atom is -0.478 e. The van der Waals surface area contributed by atoms with E-state index >= 15 is 0 Å². The smallest absolute Gasteiger partial charge is 0.335 e. The Balaban J connectivity index is 2.37. The average Bonchev–Trinajstić information content (AvgIpc) is 2.55. The molecule has 0 unspecified atom stereocenters. The highest BCUT2D eigenvalue weighted by Crippen LogP contribution is 2.27. The molecule has 1 fully saturated rings. The summed E-state index contributed by atoms with van der Waals surface area (Å²) in [6.45, 7) is 3.68. The molecular formula is C17H26N2O4S. The van der Waals surface area contributed by atoms with E-state index in [1.165, 1.54) is 18.6 Å². The molecule has 1 aromatic rings. The lowest BCUT2D eigenvalue weighted by molar-refractivity contribution is 0.0696. The lowest BCUT2D eigenvalue weighted by Crippen LogP contribution is -2.33. The molecule has 0 radical (unpaired) electrons. The van der Waals surface area contributed by atoms with Crippen LogP contribution in [0, 0.1) is 0 Å². The third kappa shape index (κ3) is 4.70. The number of aromatic carboxylic acids is 1. The van der Waals surface area contributed by atoms with Gasteiger partial charge in [-0.1, -0.05) is 26.2 Å². The quantitative estimate of drug-likeness (QED) is 0.699. The maximum atomic E-state index is 12.7. The molecule has 3 N–H and O–H groups in total. The Hall–Kier alpha value is -1.60. The molecule has 0 bridgehead atoms. The van der Waals surface area contributed by atoms with E-state index in [9.17, 15) is 18.3 Å². The van der Waals surface area contributed by atoms with Gasteiger partial charge in [0.15, 0.2) is 0 Å². The Bertz CT molecular complexity index is 682. The molecule has 1 saturated carbocycles. The summed E-state index contributed by atoms with van der Waals surface area (Å²) >= 11 is 0. The number of sulfonamides is 1. The second-order valence-electron chi connectivity index (χ2n) is 6.43. The van der Waals surface area contributed by atoms with Gasteiger partial charge in [0.2, 0.25) is 10.0 Å². The van der Waals surface area contributed by atoms with Crippen LogP contribution in [0.4, 0.5) is 5.69 Å². The van der Waals surface area contributed by atoms with Crippen LogP contribution in [-0.4, -0.2) is 31.6 Å². The fourth-order valence-corrected chi connectivity index (χ4v) is 4.40. The highest BCUT2D eigenvalue weighted by Gasteiger charge is 2.24. The largest absolute Gasteiger partial charge is 0.478 e. The summed E-state index contributed by atoms with van der Waals surface area (Å²) in [6, 6.07) is 4.25. The highest BCUT2D eigenvalue weighted by molar-refractivity contribution is 7.89. The standard InChI is InChI=1S/C17H26N2O4S/c1-3-12(2)19-24(22,23)16-11-13(17(20)21)9-10-15(16)18-14-7-5-4-6-8-14/h9-12,14,18-19H,3-8H2,1-2H3,(H,20,21)/t12-/m0/s1. The Morgan fingerprint density at radius 1 is 1.29 bits per heavy atom. The molecule has 7 heteroatoms. The van der Waals surface area contributed by atoms with Crippen molar-refractivity contribution in [1.29, 1.82) is 0 Å². The first-order chi connectivity index (χ1) is 11.3. The molecule has 6 nitrogen and oxygen atoms in total. The minimum absolute atomic E-state index is 0.00766. The van der Waals surface area contributed by atoms with Gasteiger partial charge in [-0.15, -0.1) is 0 Å². The fourth-order valence-electron chi connectivity index (χ4n) is 2.88. The van der Waals surface area contributed by atoms with Crippen LogP contribution in [0.3, 0.4) is 0 Å². The third-order valence-corrected chi connectivity index (χ3v) is 6.08. The van der Waals surface area contributed by atoms with E-state index in [0.717, 1.165) is 25.7 Å². The van der Waals surface area contributed by atoms with E-state index in [-0.39, 0.29) is 22.5 Å². The van der Waals surface area contributed by atoms with Crippen LogP contribution < -0.4 is 10.0 Å². The molecule has 0 heterocycles. The van der Waals surface area contributed by atoms with Gasteiger partial charge in [-0.05, 0) is 44.4 Å². The van der Waals surface area contributed by atoms with Gasteiger partial charge < -0.3 is 10.4 Å². The summed E-state index contributed by atoms with van der Waals surface area (Å²) in [7, 11) is -3.78. The van der Waals surface area contributed by atoms with E-state index in [0.29, 0.717) is 12.1 Å². The molecule has 24 heavy (non-hydrogen) atoms. The number of anilines is 1. The van der Waals surface area contributed by atoms with Crippen molar-refractivity contribution in [2.45, 2.75) is 69.4 Å². The van der Waals surface area contributed by atoms with Crippen LogP contribution in [0.15, 0.2) is 23.1 Å². The zero-order valence-electron chi connectivity index (χ0n) is 14.2. The molecule has 1 aliphatic carbocycles. The number of carbonyl (C=O) groups is 1. The van der Waals surface area contributed by atoms with Gasteiger partial charge in [-0.25, -0.2) is 17.9 Å². The van der Waals surface area contributed by atoms with E-state index in [4.69, 9.17) is 0 Å². The average molecular weight is 354 g/mol. The Labute approximate surface area is 143 Å². The zero-order valence-corrected chi connectivity index (χ0v) is 15.0. The van der Waals surface area contributed by atoms with E-state index < -0.39 is 16.0 Å². The van der Waals surface area contributed by atoms with Crippen LogP contribution in [0.1, 0.15) is 62.7 Å². The lowest BCUT2D eigenvalue weighted by Gasteiger charge is -2.25. The molecule has 0 spiro atoms. The van der Waals surface area contributed by atoms with Gasteiger partial charge in [-0.3, -0.25) is 0 Å². The number of nitrogens with one attached hydrogen (secondary N) is 2. The summed E-state index contributed by atoms with van der Waals surface area (Å²) in [4.78, 5) is 11.2. The van der Waals surface area contributed by atoms with Crippen molar-refractivity contribution in [3.8, 4) is 0 Å². The van der Waals surface area contributed by atoms with Gasteiger partial charge in [0.1, 0.15) is 4.90 Å². The van der Waals surface area contributed by atoms with Gasteiger partial charge in [0.05, 0.1) is 11.3 Å². The lowest BCUT2D eigenvalue weighted by atomic mass is 9.95. The Morgan fingerprint density at radius 2 is 1.96 bits per heavy atom. The molecule has 0 aromatic heterocycles. The van der Waals surface area contributed by atoms with Crippen LogP contribution >= 0.6 is 0 Å². The minimum atomic E-state index is -3.78. The molecule has 0 saturated heterocycles. The van der Waals surface area contributed by atoms with Crippen molar-refractivity contribution in [2.75, 3.05) is 5.32 Å². The SMILES string of the molecule is CC[C@H](C)NS(=O)(=O)c1cc(C(=O)O)ccc1NC1CCCCC1. The molecule has 1 atom stereocenters. The van der Waals surface area contributed by atoms with Gasteiger partial charge in [0.25, 0.3) is 0 Å². The Kier molecular flexibility index (Phi) is 6.23. The topological polar surface area (TPSA) is 95.5 Å². The fraction of sp³-hybridized carbons (Fsp3) is 0.588. The van der Waals surface area contributed by atoms with Crippen molar-refractivity contribution < 1.29 is 18.3 Å². The van der Waals surface area contributed by atoms with E-state index in [1.807, 2.05) is 6.92 Å². The maximum absolute atomic E-state index is 12.7. The Morgan fingerprint density at radius 3 is 2.54 bits per heavy atom. The van der Waals surface area contributed by atoms with Crippen molar-refractivity contribution in [2.24, 2.45) is 0 Å². The zero-order chi connectivity index (χ0) is 17.7. The molecule has 134 valence electrons. The normalized spacial score (nSPS) is 17.4. The van der Waals surface area contributed by atoms with E-state index in [1.54, 1.807) is 13.0 Å². The van der Waals surface area contributed by atoms with Crippen LogP contribution in [0.5, 0.6) is 0 Å². The number of hydrogen-bond donors (Lipinski definition) is 3. The van der Waals surface area contributed by atoms with Crippen molar-refractivity contribution >= 4 is 21.7 Å². The second kappa shape index (κ2) is 7.98. The third-order valence-electron chi connectivity index (χ3n) is 4.45. The number of hydrogen-bond acceptors (Lipinski definition) is 4. The number of benzene rings is 1. The van der Waals surface area contributed by atoms with Crippen LogP contribution in [0.2, 0.25) is 0 Å². The second-order valence-corrected chi connectivity index (χ2v) is 8.11. The van der Waals surface area contributed by atoms with Crippen molar-refractivity contribution in [1.82, 2.24) is 4.72 Å². The predicted octanol–water partition coefficient (Wildman–Crippen LogP) is 3.21. The van der Waals surface area contributed by atoms with Gasteiger partial charge >= 0.3 is 5.97 Å². The monoisotopic (exact) mass is 354 g/mol. The van der Waals surface area contributed by atoms with Crippen LogP contribution in [0.25, 0.3) is 0 Å². The molecule has 1 aliphatic rings.